The highest BCUT2D eigenvalue weighted by Crippen LogP contribution is 2.38. The highest BCUT2D eigenvalue weighted by molar-refractivity contribution is 5.29. The second-order valence-electron chi connectivity index (χ2n) is 6.45. The Labute approximate surface area is 116 Å². The Morgan fingerprint density at radius 1 is 1.11 bits per heavy atom. The Morgan fingerprint density at radius 3 is 2.21 bits per heavy atom. The topological polar surface area (TPSA) is 26.0 Å². The zero-order chi connectivity index (χ0) is 14.0. The van der Waals surface area contributed by atoms with E-state index in [4.69, 9.17) is 5.73 Å². The maximum atomic E-state index is 13.2. The lowest BCUT2D eigenvalue weighted by Crippen LogP contribution is -2.28. The molecule has 1 atom stereocenters. The molecule has 1 saturated carbocycles. The summed E-state index contributed by atoms with van der Waals surface area (Å²) in [5.41, 5.74) is 8.52. The first-order valence-electron chi connectivity index (χ1n) is 7.50. The van der Waals surface area contributed by atoms with E-state index in [1.54, 1.807) is 6.07 Å². The van der Waals surface area contributed by atoms with Gasteiger partial charge in [0.2, 0.25) is 0 Å². The summed E-state index contributed by atoms with van der Waals surface area (Å²) in [6.45, 7) is 6.59. The third-order valence-corrected chi connectivity index (χ3v) is 4.86. The predicted octanol–water partition coefficient (Wildman–Crippen LogP) is 4.60. The van der Waals surface area contributed by atoms with Gasteiger partial charge in [-0.05, 0) is 73.6 Å². The van der Waals surface area contributed by atoms with Crippen molar-refractivity contribution in [2.75, 3.05) is 0 Å². The molecule has 0 amide bonds. The first kappa shape index (κ1) is 14.5. The molecule has 1 aliphatic carbocycles. The predicted molar refractivity (Wildman–Crippen MR) is 78.4 cm³/mol. The van der Waals surface area contributed by atoms with Crippen LogP contribution < -0.4 is 5.73 Å². The van der Waals surface area contributed by atoms with E-state index in [1.165, 1.54) is 31.7 Å². The zero-order valence-electron chi connectivity index (χ0n) is 12.3. The van der Waals surface area contributed by atoms with Crippen LogP contribution in [0.15, 0.2) is 18.2 Å². The van der Waals surface area contributed by atoms with Gasteiger partial charge in [0.15, 0.2) is 0 Å². The van der Waals surface area contributed by atoms with Crippen LogP contribution in [0, 0.1) is 30.5 Å². The number of rotatable bonds is 3. The summed E-state index contributed by atoms with van der Waals surface area (Å²) < 4.78 is 13.2. The van der Waals surface area contributed by atoms with Crippen LogP contribution in [-0.4, -0.2) is 0 Å². The van der Waals surface area contributed by atoms with Gasteiger partial charge in [-0.2, -0.15) is 0 Å². The van der Waals surface area contributed by atoms with E-state index in [-0.39, 0.29) is 11.9 Å². The minimum atomic E-state index is -0.169. The molecule has 106 valence electrons. The van der Waals surface area contributed by atoms with Gasteiger partial charge in [-0.15, -0.1) is 0 Å². The summed E-state index contributed by atoms with van der Waals surface area (Å²) in [5.74, 6) is 2.03. The van der Waals surface area contributed by atoms with E-state index in [0.717, 1.165) is 23.0 Å². The van der Waals surface area contributed by atoms with Crippen LogP contribution in [-0.2, 0) is 0 Å². The van der Waals surface area contributed by atoms with Crippen molar-refractivity contribution in [1.29, 1.82) is 0 Å². The first-order chi connectivity index (χ1) is 8.99. The van der Waals surface area contributed by atoms with Crippen molar-refractivity contribution in [1.82, 2.24) is 0 Å². The van der Waals surface area contributed by atoms with E-state index < -0.39 is 0 Å². The van der Waals surface area contributed by atoms with Crippen LogP contribution in [0.4, 0.5) is 4.39 Å². The molecule has 0 aromatic heterocycles. The molecule has 19 heavy (non-hydrogen) atoms. The lowest BCUT2D eigenvalue weighted by molar-refractivity contribution is 0.203. The van der Waals surface area contributed by atoms with Crippen molar-refractivity contribution in [3.8, 4) is 0 Å². The van der Waals surface area contributed by atoms with Gasteiger partial charge >= 0.3 is 0 Å². The molecule has 0 spiro atoms. The summed E-state index contributed by atoms with van der Waals surface area (Å²) >= 11 is 0. The van der Waals surface area contributed by atoms with E-state index in [1.807, 2.05) is 13.0 Å². The molecule has 1 aromatic rings. The van der Waals surface area contributed by atoms with Crippen LogP contribution in [0.25, 0.3) is 0 Å². The van der Waals surface area contributed by atoms with Crippen molar-refractivity contribution >= 4 is 0 Å². The largest absolute Gasteiger partial charge is 0.324 e. The molecule has 0 bridgehead atoms. The Hall–Kier alpha value is -0.890. The number of benzene rings is 1. The maximum absolute atomic E-state index is 13.2. The maximum Gasteiger partial charge on any atom is 0.123 e. The van der Waals surface area contributed by atoms with Gasteiger partial charge in [-0.1, -0.05) is 19.9 Å². The van der Waals surface area contributed by atoms with Gasteiger partial charge in [0.25, 0.3) is 0 Å². The minimum Gasteiger partial charge on any atom is -0.324 e. The van der Waals surface area contributed by atoms with Gasteiger partial charge in [0, 0.05) is 6.04 Å². The molecule has 2 N–H and O–H groups in total. The van der Waals surface area contributed by atoms with Crippen molar-refractivity contribution in [2.24, 2.45) is 23.5 Å². The average Bonchev–Trinajstić information content (AvgIpc) is 2.38. The quantitative estimate of drug-likeness (QED) is 0.847. The summed E-state index contributed by atoms with van der Waals surface area (Å²) in [6.07, 6.45) is 4.99. The van der Waals surface area contributed by atoms with E-state index in [9.17, 15) is 4.39 Å². The smallest absolute Gasteiger partial charge is 0.123 e. The van der Waals surface area contributed by atoms with Gasteiger partial charge < -0.3 is 5.73 Å². The molecular formula is C17H26FN. The molecule has 0 saturated heterocycles. The second-order valence-corrected chi connectivity index (χ2v) is 6.45. The summed E-state index contributed by atoms with van der Waals surface area (Å²) in [7, 11) is 0. The van der Waals surface area contributed by atoms with E-state index >= 15 is 0 Å². The number of hydrogen-bond donors (Lipinski definition) is 1. The van der Waals surface area contributed by atoms with Crippen LogP contribution in [0.3, 0.4) is 0 Å². The molecule has 1 fully saturated rings. The molecule has 1 aromatic carbocycles. The Morgan fingerprint density at radius 2 is 1.68 bits per heavy atom. The fraction of sp³-hybridized carbons (Fsp3) is 0.647. The Kier molecular flexibility index (Phi) is 4.62. The minimum absolute atomic E-state index is 0.0636. The normalized spacial score (nSPS) is 25.6. The van der Waals surface area contributed by atoms with Gasteiger partial charge in [-0.25, -0.2) is 4.39 Å². The number of aryl methyl sites for hydroxylation is 1. The molecule has 0 radical (unpaired) electrons. The van der Waals surface area contributed by atoms with Gasteiger partial charge in [0.1, 0.15) is 5.82 Å². The third-order valence-electron chi connectivity index (χ3n) is 4.86. The number of hydrogen-bond acceptors (Lipinski definition) is 1. The molecule has 0 heterocycles. The van der Waals surface area contributed by atoms with Crippen LogP contribution in [0.1, 0.15) is 56.7 Å². The van der Waals surface area contributed by atoms with E-state index in [0.29, 0.717) is 5.92 Å². The summed E-state index contributed by atoms with van der Waals surface area (Å²) in [5, 5.41) is 0. The molecule has 2 rings (SSSR count). The SMILES string of the molecule is Cc1cc(F)ccc1C(N)C1CCC(C(C)C)CC1. The molecule has 2 heteroatoms. The van der Waals surface area contributed by atoms with Crippen molar-refractivity contribution < 1.29 is 4.39 Å². The van der Waals surface area contributed by atoms with E-state index in [2.05, 4.69) is 13.8 Å². The molecule has 1 unspecified atom stereocenters. The highest BCUT2D eigenvalue weighted by Gasteiger charge is 2.28. The van der Waals surface area contributed by atoms with Crippen LogP contribution >= 0.6 is 0 Å². The van der Waals surface area contributed by atoms with Gasteiger partial charge in [-0.3, -0.25) is 0 Å². The van der Waals surface area contributed by atoms with Crippen molar-refractivity contribution in [3.63, 3.8) is 0 Å². The lowest BCUT2D eigenvalue weighted by atomic mass is 9.73. The fourth-order valence-electron chi connectivity index (χ4n) is 3.44. The Balaban J connectivity index is 2.03. The fourth-order valence-corrected chi connectivity index (χ4v) is 3.44. The number of halogens is 1. The van der Waals surface area contributed by atoms with Crippen molar-refractivity contribution in [2.45, 2.75) is 52.5 Å². The highest BCUT2D eigenvalue weighted by atomic mass is 19.1. The Bertz CT molecular complexity index is 419. The zero-order valence-corrected chi connectivity index (χ0v) is 12.3. The average molecular weight is 263 g/mol. The second kappa shape index (κ2) is 6.04. The van der Waals surface area contributed by atoms with Crippen molar-refractivity contribution in [3.05, 3.63) is 35.1 Å². The molecule has 0 aliphatic heterocycles. The summed E-state index contributed by atoms with van der Waals surface area (Å²) in [6, 6.07) is 5.05. The van der Waals surface area contributed by atoms with Gasteiger partial charge in [0.05, 0.1) is 0 Å². The third kappa shape index (κ3) is 3.36. The summed E-state index contributed by atoms with van der Waals surface area (Å²) in [4.78, 5) is 0. The van der Waals surface area contributed by atoms with Crippen LogP contribution in [0.5, 0.6) is 0 Å². The molecule has 1 aliphatic rings. The lowest BCUT2D eigenvalue weighted by Gasteiger charge is -2.34. The molecular weight excluding hydrogens is 237 g/mol. The number of nitrogens with two attached hydrogens (primary N) is 1. The standard InChI is InChI=1S/C17H26FN/c1-11(2)13-4-6-14(7-5-13)17(19)16-9-8-15(18)10-12(16)3/h8-11,13-14,17H,4-7,19H2,1-3H3. The first-order valence-corrected chi connectivity index (χ1v) is 7.50. The van der Waals surface area contributed by atoms with Crippen LogP contribution in [0.2, 0.25) is 0 Å². The molecule has 1 nitrogen and oxygen atoms in total. The monoisotopic (exact) mass is 263 g/mol.